The van der Waals surface area contributed by atoms with Gasteiger partial charge in [0.25, 0.3) is 11.7 Å². The summed E-state index contributed by atoms with van der Waals surface area (Å²) in [4.78, 5) is 28.6. The average Bonchev–Trinajstić information content (AvgIpc) is 3.36. The van der Waals surface area contributed by atoms with Crippen LogP contribution in [0, 0.1) is 6.92 Å². The van der Waals surface area contributed by atoms with Crippen LogP contribution in [0.2, 0.25) is 0 Å². The minimum Gasteiger partial charge on any atom is -0.507 e. The van der Waals surface area contributed by atoms with Crippen molar-refractivity contribution in [3.8, 4) is 0 Å². The number of rotatable bonds is 5. The molecule has 0 aliphatic carbocycles. The van der Waals surface area contributed by atoms with Gasteiger partial charge in [0.05, 0.1) is 18.2 Å². The van der Waals surface area contributed by atoms with E-state index in [4.69, 9.17) is 0 Å². The first-order chi connectivity index (χ1) is 14.5. The minimum absolute atomic E-state index is 0.127. The predicted octanol–water partition coefficient (Wildman–Crippen LogP) is 5.24. The summed E-state index contributed by atoms with van der Waals surface area (Å²) in [5, 5.41) is 13.1. The number of aryl methyl sites for hydroxylation is 2. The van der Waals surface area contributed by atoms with E-state index in [9.17, 15) is 14.7 Å². The van der Waals surface area contributed by atoms with E-state index in [1.54, 1.807) is 28.4 Å². The molecule has 1 N–H and O–H groups in total. The molecule has 152 valence electrons. The monoisotopic (exact) mass is 417 g/mol. The van der Waals surface area contributed by atoms with Gasteiger partial charge in [-0.05, 0) is 41.5 Å². The van der Waals surface area contributed by atoms with Crippen molar-refractivity contribution in [2.24, 2.45) is 0 Å². The van der Waals surface area contributed by atoms with Crippen LogP contribution in [-0.4, -0.2) is 21.7 Å². The third kappa shape index (κ3) is 3.57. The van der Waals surface area contributed by atoms with Crippen molar-refractivity contribution in [2.45, 2.75) is 32.9 Å². The summed E-state index contributed by atoms with van der Waals surface area (Å²) in [6.45, 7) is 4.34. The van der Waals surface area contributed by atoms with Crippen LogP contribution in [0.5, 0.6) is 0 Å². The van der Waals surface area contributed by atoms with Crippen molar-refractivity contribution in [1.82, 2.24) is 4.90 Å². The first kappa shape index (κ1) is 20.1. The molecular weight excluding hydrogens is 394 g/mol. The van der Waals surface area contributed by atoms with Crippen LogP contribution in [-0.2, 0) is 22.6 Å². The quantitative estimate of drug-likeness (QED) is 0.351. The molecule has 0 radical (unpaired) electrons. The highest BCUT2D eigenvalue weighted by molar-refractivity contribution is 7.09. The Morgan fingerprint density at radius 2 is 1.77 bits per heavy atom. The summed E-state index contributed by atoms with van der Waals surface area (Å²) < 4.78 is 0. The van der Waals surface area contributed by atoms with Crippen LogP contribution >= 0.6 is 11.3 Å². The molecular formula is C25H23NO3S. The molecule has 2 heterocycles. The number of nitrogens with zero attached hydrogens (tertiary/aromatic N) is 1. The minimum atomic E-state index is -0.642. The summed E-state index contributed by atoms with van der Waals surface area (Å²) >= 11 is 1.54. The Morgan fingerprint density at radius 1 is 1.03 bits per heavy atom. The van der Waals surface area contributed by atoms with Crippen LogP contribution < -0.4 is 0 Å². The largest absolute Gasteiger partial charge is 0.507 e. The van der Waals surface area contributed by atoms with Crippen LogP contribution in [0.3, 0.4) is 0 Å². The van der Waals surface area contributed by atoms with Gasteiger partial charge < -0.3 is 10.0 Å². The van der Waals surface area contributed by atoms with E-state index in [2.05, 4.69) is 6.92 Å². The van der Waals surface area contributed by atoms with Crippen LogP contribution in [0.1, 0.15) is 40.1 Å². The van der Waals surface area contributed by atoms with Crippen molar-refractivity contribution in [3.05, 3.63) is 98.7 Å². The number of likely N-dealkylation sites (tertiary alicyclic amines) is 1. The highest BCUT2D eigenvalue weighted by Gasteiger charge is 2.46. The van der Waals surface area contributed by atoms with Crippen molar-refractivity contribution in [2.75, 3.05) is 0 Å². The van der Waals surface area contributed by atoms with Gasteiger partial charge in [0.2, 0.25) is 0 Å². The molecule has 1 unspecified atom stereocenters. The van der Waals surface area contributed by atoms with Gasteiger partial charge in [0.1, 0.15) is 5.76 Å². The molecule has 1 aliphatic rings. The Bertz CT molecular complexity index is 1110. The Balaban J connectivity index is 1.87. The van der Waals surface area contributed by atoms with E-state index < -0.39 is 17.7 Å². The number of Topliss-reactive ketones (excluding diaryl/α,β-unsaturated/α-hetero) is 1. The molecule has 1 fully saturated rings. The van der Waals surface area contributed by atoms with E-state index in [0.717, 1.165) is 28.0 Å². The zero-order valence-electron chi connectivity index (χ0n) is 17.0. The molecule has 2 aromatic carbocycles. The topological polar surface area (TPSA) is 57.6 Å². The second-order valence-corrected chi connectivity index (χ2v) is 8.45. The lowest BCUT2D eigenvalue weighted by molar-refractivity contribution is -0.140. The maximum atomic E-state index is 13.1. The molecule has 1 aliphatic heterocycles. The Hall–Kier alpha value is -3.18. The smallest absolute Gasteiger partial charge is 0.295 e. The molecule has 30 heavy (non-hydrogen) atoms. The predicted molar refractivity (Wildman–Crippen MR) is 119 cm³/mol. The summed E-state index contributed by atoms with van der Waals surface area (Å²) in [5.41, 5.74) is 3.64. The first-order valence-electron chi connectivity index (χ1n) is 9.97. The Labute approximate surface area is 180 Å². The van der Waals surface area contributed by atoms with Crippen LogP contribution in [0.4, 0.5) is 0 Å². The number of hydrogen-bond acceptors (Lipinski definition) is 4. The second-order valence-electron chi connectivity index (χ2n) is 7.41. The van der Waals surface area contributed by atoms with E-state index in [1.807, 2.05) is 60.8 Å². The summed E-state index contributed by atoms with van der Waals surface area (Å²) in [5.74, 6) is -1.35. The van der Waals surface area contributed by atoms with Gasteiger partial charge in [0.15, 0.2) is 0 Å². The van der Waals surface area contributed by atoms with E-state index in [0.29, 0.717) is 12.1 Å². The Kier molecular flexibility index (Phi) is 5.55. The number of aliphatic hydroxyl groups is 1. The molecule has 3 aromatic rings. The maximum Gasteiger partial charge on any atom is 0.295 e. The van der Waals surface area contributed by atoms with Crippen molar-refractivity contribution in [1.29, 1.82) is 0 Å². The number of benzene rings is 2. The van der Waals surface area contributed by atoms with Gasteiger partial charge in [-0.25, -0.2) is 0 Å². The third-order valence-corrected chi connectivity index (χ3v) is 6.43. The van der Waals surface area contributed by atoms with Crippen LogP contribution in [0.15, 0.2) is 71.6 Å². The zero-order chi connectivity index (χ0) is 21.3. The molecule has 0 spiro atoms. The van der Waals surface area contributed by atoms with Crippen molar-refractivity contribution in [3.63, 3.8) is 0 Å². The standard InChI is InChI=1S/C25H23NO3S/c1-3-17-10-12-18(13-11-17)23(27)21-22(20-9-5-4-7-16(20)2)26(25(29)24(21)28)15-19-8-6-14-30-19/h4-14,22,27H,3,15H2,1-2H3/b23-21-. The third-order valence-electron chi connectivity index (χ3n) is 5.56. The molecule has 4 rings (SSSR count). The van der Waals surface area contributed by atoms with Crippen molar-refractivity contribution < 1.29 is 14.7 Å². The SMILES string of the molecule is CCc1ccc(/C(O)=C2/C(=O)C(=O)N(Cc3cccs3)C2c2ccccc2C)cc1. The highest BCUT2D eigenvalue weighted by Crippen LogP contribution is 2.41. The number of amides is 1. The van der Waals surface area contributed by atoms with Gasteiger partial charge in [-0.3, -0.25) is 9.59 Å². The van der Waals surface area contributed by atoms with Gasteiger partial charge >= 0.3 is 0 Å². The fourth-order valence-electron chi connectivity index (χ4n) is 3.88. The summed E-state index contributed by atoms with van der Waals surface area (Å²) in [6.07, 6.45) is 0.884. The molecule has 5 heteroatoms. The van der Waals surface area contributed by atoms with Gasteiger partial charge in [-0.15, -0.1) is 11.3 Å². The molecule has 1 saturated heterocycles. The summed E-state index contributed by atoms with van der Waals surface area (Å²) in [6, 6.07) is 18.4. The lowest BCUT2D eigenvalue weighted by atomic mass is 9.92. The summed E-state index contributed by atoms with van der Waals surface area (Å²) in [7, 11) is 0. The normalized spacial score (nSPS) is 18.2. The number of ketones is 1. The molecule has 1 aromatic heterocycles. The van der Waals surface area contributed by atoms with Gasteiger partial charge in [-0.1, -0.05) is 61.5 Å². The fraction of sp³-hybridized carbons (Fsp3) is 0.200. The second kappa shape index (κ2) is 8.28. The average molecular weight is 418 g/mol. The molecule has 0 bridgehead atoms. The number of carbonyl (C=O) groups excluding carboxylic acids is 2. The molecule has 4 nitrogen and oxygen atoms in total. The van der Waals surface area contributed by atoms with Gasteiger partial charge in [0, 0.05) is 10.4 Å². The lowest BCUT2D eigenvalue weighted by Crippen LogP contribution is -2.29. The maximum absolute atomic E-state index is 13.1. The number of hydrogen-bond donors (Lipinski definition) is 1. The lowest BCUT2D eigenvalue weighted by Gasteiger charge is -2.26. The molecule has 1 atom stereocenters. The first-order valence-corrected chi connectivity index (χ1v) is 10.8. The molecule has 1 amide bonds. The van der Waals surface area contributed by atoms with E-state index in [1.165, 1.54) is 0 Å². The Morgan fingerprint density at radius 3 is 2.40 bits per heavy atom. The van der Waals surface area contributed by atoms with Gasteiger partial charge in [-0.2, -0.15) is 0 Å². The van der Waals surface area contributed by atoms with E-state index >= 15 is 0 Å². The van der Waals surface area contributed by atoms with E-state index in [-0.39, 0.29) is 11.3 Å². The highest BCUT2D eigenvalue weighted by atomic mass is 32.1. The molecule has 0 saturated carbocycles. The number of carbonyl (C=O) groups is 2. The van der Waals surface area contributed by atoms with Crippen LogP contribution in [0.25, 0.3) is 5.76 Å². The number of aliphatic hydroxyl groups excluding tert-OH is 1. The zero-order valence-corrected chi connectivity index (χ0v) is 17.8. The van der Waals surface area contributed by atoms with Crippen molar-refractivity contribution >= 4 is 28.8 Å². The fourth-order valence-corrected chi connectivity index (χ4v) is 4.59. The number of thiophene rings is 1.